The number of benzene rings is 1. The fraction of sp³-hybridized carbons (Fsp3) is 0.500. The highest BCUT2D eigenvalue weighted by molar-refractivity contribution is 5.96. The van der Waals surface area contributed by atoms with E-state index in [9.17, 15) is 9.59 Å². The molecule has 1 aromatic rings. The van der Waals surface area contributed by atoms with Crippen molar-refractivity contribution >= 4 is 17.6 Å². The van der Waals surface area contributed by atoms with Gasteiger partial charge < -0.3 is 10.6 Å². The molecule has 128 valence electrons. The minimum absolute atomic E-state index is 0.0597. The Hall–Kier alpha value is -2.55. The van der Waals surface area contributed by atoms with Gasteiger partial charge in [0.1, 0.15) is 12.6 Å². The molecular formula is C18H24N4O2. The molecule has 6 nitrogen and oxygen atoms in total. The van der Waals surface area contributed by atoms with Gasteiger partial charge in [-0.2, -0.15) is 5.26 Å². The number of anilines is 1. The number of hydrogen-bond acceptors (Lipinski definition) is 3. The summed E-state index contributed by atoms with van der Waals surface area (Å²) in [6, 6.07) is 8.82. The van der Waals surface area contributed by atoms with Crippen molar-refractivity contribution in [3.63, 3.8) is 0 Å². The fourth-order valence-electron chi connectivity index (χ4n) is 2.92. The van der Waals surface area contributed by atoms with Crippen molar-refractivity contribution in [2.75, 3.05) is 18.0 Å². The number of nitriles is 1. The average molecular weight is 328 g/mol. The maximum absolute atomic E-state index is 12.7. The van der Waals surface area contributed by atoms with E-state index >= 15 is 0 Å². The summed E-state index contributed by atoms with van der Waals surface area (Å²) in [5.74, 6) is -0.0688. The van der Waals surface area contributed by atoms with Crippen LogP contribution in [0.5, 0.6) is 0 Å². The molecule has 0 saturated carbocycles. The van der Waals surface area contributed by atoms with Gasteiger partial charge in [0.2, 0.25) is 5.91 Å². The molecule has 2 rings (SSSR count). The molecule has 2 N–H and O–H groups in total. The SMILES string of the molecule is CC(C)CC(NC(=O)N1CCCc2ccccc21)C(=O)NCC#N. The Morgan fingerprint density at radius 3 is 2.79 bits per heavy atom. The van der Waals surface area contributed by atoms with Gasteiger partial charge in [0.25, 0.3) is 0 Å². The molecule has 1 unspecified atom stereocenters. The molecule has 1 atom stereocenters. The van der Waals surface area contributed by atoms with Gasteiger partial charge in [-0.25, -0.2) is 4.79 Å². The van der Waals surface area contributed by atoms with Gasteiger partial charge >= 0.3 is 6.03 Å². The molecule has 0 fully saturated rings. The molecule has 0 saturated heterocycles. The Kier molecular flexibility index (Phi) is 6.19. The topological polar surface area (TPSA) is 85.2 Å². The Bertz CT molecular complexity index is 636. The number of amides is 3. The van der Waals surface area contributed by atoms with E-state index in [-0.39, 0.29) is 24.4 Å². The number of fused-ring (bicyclic) bond motifs is 1. The second-order valence-corrected chi connectivity index (χ2v) is 6.39. The second kappa shape index (κ2) is 8.34. The van der Waals surface area contributed by atoms with Crippen LogP contribution in [0, 0.1) is 17.2 Å². The normalized spacial score (nSPS) is 14.5. The first-order valence-electron chi connectivity index (χ1n) is 8.33. The van der Waals surface area contributed by atoms with E-state index < -0.39 is 6.04 Å². The highest BCUT2D eigenvalue weighted by Gasteiger charge is 2.27. The number of nitrogens with one attached hydrogen (secondary N) is 2. The first-order chi connectivity index (χ1) is 11.5. The highest BCUT2D eigenvalue weighted by atomic mass is 16.2. The smallest absolute Gasteiger partial charge is 0.322 e. The van der Waals surface area contributed by atoms with Gasteiger partial charge in [-0.05, 0) is 36.8 Å². The van der Waals surface area contributed by atoms with E-state index in [0.717, 1.165) is 24.1 Å². The summed E-state index contributed by atoms with van der Waals surface area (Å²) in [6.45, 7) is 4.56. The van der Waals surface area contributed by atoms with Crippen LogP contribution in [0.15, 0.2) is 24.3 Å². The lowest BCUT2D eigenvalue weighted by atomic mass is 10.0. The maximum atomic E-state index is 12.7. The molecule has 0 spiro atoms. The second-order valence-electron chi connectivity index (χ2n) is 6.39. The van der Waals surface area contributed by atoms with Crippen molar-refractivity contribution in [2.24, 2.45) is 5.92 Å². The zero-order valence-electron chi connectivity index (χ0n) is 14.2. The van der Waals surface area contributed by atoms with Crippen LogP contribution in [-0.4, -0.2) is 31.1 Å². The molecule has 1 aliphatic heterocycles. The van der Waals surface area contributed by atoms with Gasteiger partial charge in [-0.15, -0.1) is 0 Å². The largest absolute Gasteiger partial charge is 0.341 e. The van der Waals surface area contributed by atoms with Crippen molar-refractivity contribution in [3.05, 3.63) is 29.8 Å². The lowest BCUT2D eigenvalue weighted by Crippen LogP contribution is -2.52. The molecule has 0 bridgehead atoms. The van der Waals surface area contributed by atoms with E-state index in [0.29, 0.717) is 13.0 Å². The molecule has 24 heavy (non-hydrogen) atoms. The van der Waals surface area contributed by atoms with Crippen LogP contribution in [0.4, 0.5) is 10.5 Å². The molecule has 0 aliphatic carbocycles. The van der Waals surface area contributed by atoms with E-state index in [4.69, 9.17) is 5.26 Å². The summed E-state index contributed by atoms with van der Waals surface area (Å²) in [5.41, 5.74) is 2.05. The number of carbonyl (C=O) groups excluding carboxylic acids is 2. The summed E-state index contributed by atoms with van der Waals surface area (Å²) < 4.78 is 0. The summed E-state index contributed by atoms with van der Waals surface area (Å²) in [6.07, 6.45) is 2.39. The first kappa shape index (κ1) is 17.8. The Balaban J connectivity index is 2.10. The zero-order valence-corrected chi connectivity index (χ0v) is 14.2. The van der Waals surface area contributed by atoms with Gasteiger partial charge in [0.15, 0.2) is 0 Å². The van der Waals surface area contributed by atoms with Crippen molar-refractivity contribution in [3.8, 4) is 6.07 Å². The summed E-state index contributed by atoms with van der Waals surface area (Å²) in [4.78, 5) is 26.6. The van der Waals surface area contributed by atoms with E-state index in [1.54, 1.807) is 4.90 Å². The van der Waals surface area contributed by atoms with Crippen LogP contribution in [0.25, 0.3) is 0 Å². The van der Waals surface area contributed by atoms with Gasteiger partial charge in [-0.1, -0.05) is 32.0 Å². The minimum Gasteiger partial charge on any atom is -0.341 e. The third kappa shape index (κ3) is 4.48. The van der Waals surface area contributed by atoms with Crippen LogP contribution >= 0.6 is 0 Å². The molecule has 3 amide bonds. The Morgan fingerprint density at radius 1 is 1.33 bits per heavy atom. The Labute approximate surface area is 142 Å². The van der Waals surface area contributed by atoms with E-state index in [1.807, 2.05) is 44.2 Å². The summed E-state index contributed by atoms with van der Waals surface area (Å²) >= 11 is 0. The highest BCUT2D eigenvalue weighted by Crippen LogP contribution is 2.26. The van der Waals surface area contributed by atoms with Crippen molar-refractivity contribution in [1.82, 2.24) is 10.6 Å². The number of para-hydroxylation sites is 1. The summed E-state index contributed by atoms with van der Waals surface area (Å²) in [7, 11) is 0. The predicted molar refractivity (Wildman–Crippen MR) is 92.5 cm³/mol. The molecule has 1 aromatic carbocycles. The van der Waals surface area contributed by atoms with E-state index in [2.05, 4.69) is 10.6 Å². The van der Waals surface area contributed by atoms with Crippen LogP contribution in [0.3, 0.4) is 0 Å². The molecule has 0 radical (unpaired) electrons. The number of nitrogens with zero attached hydrogens (tertiary/aromatic N) is 2. The minimum atomic E-state index is -0.639. The fourth-order valence-corrected chi connectivity index (χ4v) is 2.92. The maximum Gasteiger partial charge on any atom is 0.322 e. The molecule has 1 aliphatic rings. The predicted octanol–water partition coefficient (Wildman–Crippen LogP) is 2.20. The third-order valence-electron chi connectivity index (χ3n) is 4.02. The number of aryl methyl sites for hydroxylation is 1. The molecule has 1 heterocycles. The number of rotatable bonds is 5. The van der Waals surface area contributed by atoms with Crippen molar-refractivity contribution in [2.45, 2.75) is 39.2 Å². The average Bonchev–Trinajstić information content (AvgIpc) is 2.58. The Morgan fingerprint density at radius 2 is 2.08 bits per heavy atom. The zero-order chi connectivity index (χ0) is 17.5. The lowest BCUT2D eigenvalue weighted by Gasteiger charge is -2.31. The number of hydrogen-bond donors (Lipinski definition) is 2. The van der Waals surface area contributed by atoms with Crippen LogP contribution in [0.1, 0.15) is 32.3 Å². The van der Waals surface area contributed by atoms with Crippen LogP contribution in [0.2, 0.25) is 0 Å². The number of carbonyl (C=O) groups is 2. The first-order valence-corrected chi connectivity index (χ1v) is 8.33. The van der Waals surface area contributed by atoms with Crippen molar-refractivity contribution in [1.29, 1.82) is 5.26 Å². The molecular weight excluding hydrogens is 304 g/mol. The number of urea groups is 1. The lowest BCUT2D eigenvalue weighted by molar-refractivity contribution is -0.123. The molecule has 0 aromatic heterocycles. The quantitative estimate of drug-likeness (QED) is 0.813. The van der Waals surface area contributed by atoms with Gasteiger partial charge in [0, 0.05) is 12.2 Å². The van der Waals surface area contributed by atoms with Crippen LogP contribution < -0.4 is 15.5 Å². The third-order valence-corrected chi connectivity index (χ3v) is 4.02. The molecule has 6 heteroatoms. The van der Waals surface area contributed by atoms with Crippen molar-refractivity contribution < 1.29 is 9.59 Å². The van der Waals surface area contributed by atoms with E-state index in [1.165, 1.54) is 0 Å². The standard InChI is InChI=1S/C18H24N4O2/c1-13(2)12-15(17(23)20-10-9-19)21-18(24)22-11-5-7-14-6-3-4-8-16(14)22/h3-4,6,8,13,15H,5,7,10-12H2,1-2H3,(H,20,23)(H,21,24). The van der Waals surface area contributed by atoms with Gasteiger partial charge in [0.05, 0.1) is 6.07 Å². The monoisotopic (exact) mass is 328 g/mol. The summed E-state index contributed by atoms with van der Waals surface area (Å²) in [5, 5.41) is 14.0. The van der Waals surface area contributed by atoms with Crippen LogP contribution in [-0.2, 0) is 11.2 Å². The van der Waals surface area contributed by atoms with Gasteiger partial charge in [-0.3, -0.25) is 9.69 Å².